The van der Waals surface area contributed by atoms with E-state index >= 15 is 0 Å². The van der Waals surface area contributed by atoms with Crippen LogP contribution in [0.1, 0.15) is 22.1 Å². The molecule has 21 heavy (non-hydrogen) atoms. The van der Waals surface area contributed by atoms with Crippen LogP contribution in [-0.2, 0) is 6.18 Å². The highest BCUT2D eigenvalue weighted by atomic mass is 79.9. The molecule has 2 rings (SSSR count). The van der Waals surface area contributed by atoms with E-state index in [1.54, 1.807) is 0 Å². The van der Waals surface area contributed by atoms with Gasteiger partial charge in [-0.05, 0) is 51.3 Å². The molecule has 0 aliphatic rings. The van der Waals surface area contributed by atoms with Gasteiger partial charge in [-0.15, -0.1) is 11.6 Å². The second-order valence-electron chi connectivity index (χ2n) is 4.27. The van der Waals surface area contributed by atoms with Crippen molar-refractivity contribution in [3.05, 3.63) is 67.9 Å². The summed E-state index contributed by atoms with van der Waals surface area (Å²) >= 11 is 12.1. The number of benzene rings is 2. The van der Waals surface area contributed by atoms with Gasteiger partial charge in [0.15, 0.2) is 0 Å². The van der Waals surface area contributed by atoms with E-state index < -0.39 is 22.9 Å². The normalized spacial score (nSPS) is 13.3. The summed E-state index contributed by atoms with van der Waals surface area (Å²) in [6.45, 7) is 0. The molecule has 0 bridgehead atoms. The second-order valence-corrected chi connectivity index (χ2v) is 6.42. The van der Waals surface area contributed by atoms with Gasteiger partial charge >= 0.3 is 6.18 Å². The third-order valence-corrected chi connectivity index (χ3v) is 4.63. The molecule has 1 atom stereocenters. The smallest absolute Gasteiger partial charge is 0.206 e. The molecule has 7 heteroatoms. The molecule has 0 radical (unpaired) electrons. The van der Waals surface area contributed by atoms with Crippen molar-refractivity contribution in [3.63, 3.8) is 0 Å². The van der Waals surface area contributed by atoms with Gasteiger partial charge in [0.1, 0.15) is 5.82 Å². The third-order valence-electron chi connectivity index (χ3n) is 2.82. The van der Waals surface area contributed by atoms with Gasteiger partial charge in [-0.2, -0.15) is 13.2 Å². The maximum Gasteiger partial charge on any atom is 0.417 e. The molecule has 0 aliphatic heterocycles. The summed E-state index contributed by atoms with van der Waals surface area (Å²) in [6, 6.07) is 7.87. The molecule has 112 valence electrons. The molecule has 0 amide bonds. The van der Waals surface area contributed by atoms with E-state index in [-0.39, 0.29) is 14.5 Å². The van der Waals surface area contributed by atoms with Crippen LogP contribution < -0.4 is 0 Å². The minimum Gasteiger partial charge on any atom is -0.206 e. The summed E-state index contributed by atoms with van der Waals surface area (Å²) in [4.78, 5) is 0. The molecular formula is C14H7Br2ClF4. The Bertz CT molecular complexity index is 671. The van der Waals surface area contributed by atoms with E-state index in [0.717, 1.165) is 6.07 Å². The lowest BCUT2D eigenvalue weighted by molar-refractivity contribution is -0.138. The SMILES string of the molecule is Fc1ccc(C(Cl)c2ccc(Br)c(C(F)(F)F)c2)cc1Br. The third kappa shape index (κ3) is 3.79. The van der Waals surface area contributed by atoms with Crippen LogP contribution in [0.3, 0.4) is 0 Å². The van der Waals surface area contributed by atoms with Crippen LogP contribution in [0.15, 0.2) is 45.3 Å². The van der Waals surface area contributed by atoms with Crippen LogP contribution in [0, 0.1) is 5.82 Å². The lowest BCUT2D eigenvalue weighted by Gasteiger charge is -2.15. The Kier molecular flexibility index (Phi) is 5.00. The standard InChI is InChI=1S/C14H7Br2ClF4/c15-10-3-1-7(5-9(10)14(19,20)21)13(17)8-2-4-12(18)11(16)6-8/h1-6,13H. The van der Waals surface area contributed by atoms with Gasteiger partial charge in [-0.3, -0.25) is 0 Å². The highest BCUT2D eigenvalue weighted by Gasteiger charge is 2.33. The average molecular weight is 446 g/mol. The fourth-order valence-corrected chi connectivity index (χ4v) is 2.92. The van der Waals surface area contributed by atoms with Crippen molar-refractivity contribution in [2.45, 2.75) is 11.6 Å². The summed E-state index contributed by atoms with van der Waals surface area (Å²) in [5.74, 6) is -0.464. The van der Waals surface area contributed by atoms with E-state index in [1.165, 1.54) is 30.3 Å². The van der Waals surface area contributed by atoms with E-state index in [9.17, 15) is 17.6 Å². The molecule has 0 fully saturated rings. The molecule has 0 nitrogen and oxygen atoms in total. The fraction of sp³-hybridized carbons (Fsp3) is 0.143. The Hall–Kier alpha value is -0.590. The maximum atomic E-state index is 13.2. The molecule has 0 saturated heterocycles. The van der Waals surface area contributed by atoms with Crippen LogP contribution in [0.2, 0.25) is 0 Å². The lowest BCUT2D eigenvalue weighted by Crippen LogP contribution is -2.07. The number of hydrogen-bond acceptors (Lipinski definition) is 0. The predicted molar refractivity (Wildman–Crippen MR) is 80.9 cm³/mol. The van der Waals surface area contributed by atoms with Crippen LogP contribution in [0.25, 0.3) is 0 Å². The molecule has 0 aliphatic carbocycles. The second kappa shape index (κ2) is 6.26. The Labute approximate surface area is 140 Å². The van der Waals surface area contributed by atoms with E-state index in [0.29, 0.717) is 5.56 Å². The average Bonchev–Trinajstić information content (AvgIpc) is 2.40. The van der Waals surface area contributed by atoms with E-state index in [1.807, 2.05) is 0 Å². The molecule has 0 spiro atoms. The first-order chi connectivity index (χ1) is 9.70. The van der Waals surface area contributed by atoms with Crippen LogP contribution in [0.4, 0.5) is 17.6 Å². The highest BCUT2D eigenvalue weighted by Crippen LogP contribution is 2.39. The van der Waals surface area contributed by atoms with Gasteiger partial charge < -0.3 is 0 Å². The van der Waals surface area contributed by atoms with Crippen molar-refractivity contribution >= 4 is 43.5 Å². The van der Waals surface area contributed by atoms with Crippen LogP contribution in [0.5, 0.6) is 0 Å². The van der Waals surface area contributed by atoms with Crippen LogP contribution in [-0.4, -0.2) is 0 Å². The molecule has 0 saturated carbocycles. The molecule has 0 N–H and O–H groups in total. The van der Waals surface area contributed by atoms with E-state index in [2.05, 4.69) is 31.9 Å². The van der Waals surface area contributed by atoms with Gasteiger partial charge in [0, 0.05) is 4.47 Å². The first-order valence-corrected chi connectivity index (χ1v) is 7.68. The summed E-state index contributed by atoms with van der Waals surface area (Å²) in [5.41, 5.74) is -0.0158. The highest BCUT2D eigenvalue weighted by molar-refractivity contribution is 9.10. The molecular weight excluding hydrogens is 439 g/mol. The van der Waals surface area contributed by atoms with Crippen molar-refractivity contribution in [1.82, 2.24) is 0 Å². The van der Waals surface area contributed by atoms with Gasteiger partial charge in [0.2, 0.25) is 0 Å². The summed E-state index contributed by atoms with van der Waals surface area (Å²) in [5, 5.41) is -0.809. The first-order valence-electron chi connectivity index (χ1n) is 5.66. The first kappa shape index (κ1) is 16.8. The van der Waals surface area contributed by atoms with Gasteiger partial charge in [0.25, 0.3) is 0 Å². The largest absolute Gasteiger partial charge is 0.417 e. The molecule has 2 aromatic rings. The van der Waals surface area contributed by atoms with Crippen LogP contribution >= 0.6 is 43.5 Å². The Morgan fingerprint density at radius 2 is 1.48 bits per heavy atom. The van der Waals surface area contributed by atoms with Crippen molar-refractivity contribution < 1.29 is 17.6 Å². The fourth-order valence-electron chi connectivity index (χ4n) is 1.78. The molecule has 0 heterocycles. The molecule has 1 unspecified atom stereocenters. The van der Waals surface area contributed by atoms with Gasteiger partial charge in [-0.1, -0.05) is 28.1 Å². The lowest BCUT2D eigenvalue weighted by atomic mass is 10.0. The molecule has 2 aromatic carbocycles. The minimum atomic E-state index is -4.48. The zero-order valence-electron chi connectivity index (χ0n) is 10.2. The maximum absolute atomic E-state index is 13.2. The van der Waals surface area contributed by atoms with E-state index in [4.69, 9.17) is 11.6 Å². The summed E-state index contributed by atoms with van der Waals surface area (Å²) in [6.07, 6.45) is -4.48. The quantitative estimate of drug-likeness (QED) is 0.356. The molecule has 0 aromatic heterocycles. The Morgan fingerprint density at radius 3 is 2.05 bits per heavy atom. The monoisotopic (exact) mass is 444 g/mol. The van der Waals surface area contributed by atoms with Crippen molar-refractivity contribution in [2.24, 2.45) is 0 Å². The number of hydrogen-bond donors (Lipinski definition) is 0. The number of alkyl halides is 4. The van der Waals surface area contributed by atoms with Crippen molar-refractivity contribution in [2.75, 3.05) is 0 Å². The number of rotatable bonds is 2. The Morgan fingerprint density at radius 1 is 0.905 bits per heavy atom. The Balaban J connectivity index is 2.44. The van der Waals surface area contributed by atoms with Gasteiger partial charge in [-0.25, -0.2) is 4.39 Å². The van der Waals surface area contributed by atoms with Crippen molar-refractivity contribution in [3.8, 4) is 0 Å². The zero-order chi connectivity index (χ0) is 15.8. The topological polar surface area (TPSA) is 0 Å². The minimum absolute atomic E-state index is 0.0529. The number of halogens is 7. The van der Waals surface area contributed by atoms with Crippen molar-refractivity contribution in [1.29, 1.82) is 0 Å². The zero-order valence-corrected chi connectivity index (χ0v) is 14.1. The summed E-state index contributed by atoms with van der Waals surface area (Å²) < 4.78 is 52.0. The predicted octanol–water partition coefficient (Wildman–Crippen LogP) is 6.70. The van der Waals surface area contributed by atoms with Gasteiger partial charge in [0.05, 0.1) is 15.4 Å². The summed E-state index contributed by atoms with van der Waals surface area (Å²) in [7, 11) is 0.